The molecule has 11 heteroatoms. The highest BCUT2D eigenvalue weighted by molar-refractivity contribution is 5.60. The van der Waals surface area contributed by atoms with E-state index in [2.05, 4.69) is 21.1 Å². The average Bonchev–Trinajstić information content (AvgIpc) is 3.51. The quantitative estimate of drug-likeness (QED) is 0.321. The van der Waals surface area contributed by atoms with Crippen molar-refractivity contribution in [3.63, 3.8) is 0 Å². The van der Waals surface area contributed by atoms with Crippen LogP contribution in [0.25, 0.3) is 11.4 Å². The Morgan fingerprint density at radius 2 is 2.11 bits per heavy atom. The minimum Gasteiger partial charge on any atom is -0.496 e. The topological polar surface area (TPSA) is 158 Å². The Kier molecular flexibility index (Phi) is 5.39. The van der Waals surface area contributed by atoms with Crippen LogP contribution >= 0.6 is 0 Å². The molecule has 3 heterocycles. The van der Waals surface area contributed by atoms with Gasteiger partial charge in [-0.3, -0.25) is 14.8 Å². The Morgan fingerprint density at radius 1 is 1.31 bits per heavy atom. The van der Waals surface area contributed by atoms with Crippen molar-refractivity contribution in [1.82, 2.24) is 19.7 Å². The van der Waals surface area contributed by atoms with Crippen LogP contribution in [0, 0.1) is 21.4 Å². The minimum atomic E-state index is -0.565. The van der Waals surface area contributed by atoms with Gasteiger partial charge in [-0.25, -0.2) is 0 Å². The molecule has 2 aromatic heterocycles. The first-order valence-electron chi connectivity index (χ1n) is 10.5. The molecule has 0 saturated carbocycles. The molecule has 0 fully saturated rings. The van der Waals surface area contributed by atoms with Crippen molar-refractivity contribution in [3.8, 4) is 29.1 Å². The van der Waals surface area contributed by atoms with E-state index in [1.807, 2.05) is 42.5 Å². The largest absolute Gasteiger partial charge is 0.496 e. The molecule has 3 N–H and O–H groups in total. The number of aromatic nitrogens is 4. The zero-order valence-electron chi connectivity index (χ0n) is 18.5. The van der Waals surface area contributed by atoms with Crippen molar-refractivity contribution in [2.75, 3.05) is 7.11 Å². The van der Waals surface area contributed by atoms with Crippen molar-refractivity contribution < 1.29 is 14.4 Å². The number of nitro groups is 1. The molecule has 0 aliphatic carbocycles. The summed E-state index contributed by atoms with van der Waals surface area (Å²) in [4.78, 5) is 18.4. The predicted molar refractivity (Wildman–Crippen MR) is 124 cm³/mol. The summed E-state index contributed by atoms with van der Waals surface area (Å²) in [7, 11) is 1.54. The van der Waals surface area contributed by atoms with Crippen LogP contribution in [0.1, 0.15) is 22.7 Å². The number of allylic oxidation sites excluding steroid dienone is 1. The van der Waals surface area contributed by atoms with E-state index < -0.39 is 10.8 Å². The number of H-pyrrole nitrogens is 1. The summed E-state index contributed by atoms with van der Waals surface area (Å²) in [5.74, 6) is 0.876. The third-order valence-electron chi connectivity index (χ3n) is 5.71. The molecule has 1 aliphatic rings. The van der Waals surface area contributed by atoms with Crippen molar-refractivity contribution >= 4 is 5.69 Å². The molecule has 0 saturated heterocycles. The first-order chi connectivity index (χ1) is 17.0. The maximum Gasteiger partial charge on any atom is 0.307 e. The maximum atomic E-state index is 11.0. The van der Waals surface area contributed by atoms with Crippen molar-refractivity contribution in [1.29, 1.82) is 5.26 Å². The Hall–Kier alpha value is -5.11. The average molecular weight is 469 g/mol. The van der Waals surface area contributed by atoms with E-state index in [-0.39, 0.29) is 23.7 Å². The number of methoxy groups -OCH3 is 1. The number of imidazole rings is 1. The number of nitrogens with zero attached hydrogens (tertiary/aromatic N) is 5. The summed E-state index contributed by atoms with van der Waals surface area (Å²) in [6.45, 7) is 0.222. The number of nitriles is 1. The van der Waals surface area contributed by atoms with Gasteiger partial charge in [0.15, 0.2) is 0 Å². The van der Waals surface area contributed by atoms with Crippen LogP contribution in [0.5, 0.6) is 11.6 Å². The zero-order chi connectivity index (χ0) is 24.5. The molecular formula is C24H19N7O4. The van der Waals surface area contributed by atoms with Gasteiger partial charge in [0.05, 0.1) is 30.2 Å². The van der Waals surface area contributed by atoms with E-state index in [4.69, 9.17) is 15.2 Å². The Balaban J connectivity index is 1.59. The lowest BCUT2D eigenvalue weighted by Crippen LogP contribution is -2.21. The van der Waals surface area contributed by atoms with Crippen LogP contribution in [0.15, 0.2) is 72.4 Å². The van der Waals surface area contributed by atoms with Gasteiger partial charge in [-0.1, -0.05) is 36.4 Å². The summed E-state index contributed by atoms with van der Waals surface area (Å²) in [6.07, 6.45) is 2.53. The van der Waals surface area contributed by atoms with Crippen LogP contribution < -0.4 is 15.2 Å². The molecule has 1 aliphatic heterocycles. The SMILES string of the molecule is COc1ccc(C2C(C#N)=C(N)Oc3nc(-c4ccccc4)[nH]c32)cc1Cn1cc([N+](=O)[O-])cn1. The molecule has 11 nitrogen and oxygen atoms in total. The second-order valence-electron chi connectivity index (χ2n) is 7.82. The van der Waals surface area contributed by atoms with Gasteiger partial charge in [0, 0.05) is 11.1 Å². The summed E-state index contributed by atoms with van der Waals surface area (Å²) < 4.78 is 12.6. The molecule has 1 unspecified atom stereocenters. The van der Waals surface area contributed by atoms with Gasteiger partial charge in [-0.2, -0.15) is 15.3 Å². The molecule has 0 spiro atoms. The Morgan fingerprint density at radius 3 is 2.80 bits per heavy atom. The van der Waals surface area contributed by atoms with Crippen LogP contribution in [0.3, 0.4) is 0 Å². The third kappa shape index (κ3) is 3.93. The first-order valence-corrected chi connectivity index (χ1v) is 10.5. The molecule has 0 bridgehead atoms. The van der Waals surface area contributed by atoms with Gasteiger partial charge in [0.2, 0.25) is 11.8 Å². The van der Waals surface area contributed by atoms with E-state index in [0.717, 1.165) is 16.7 Å². The van der Waals surface area contributed by atoms with Gasteiger partial charge < -0.3 is 20.2 Å². The molecule has 2 aromatic carbocycles. The summed E-state index contributed by atoms with van der Waals surface area (Å²) in [5, 5.41) is 25.0. The fourth-order valence-electron chi connectivity index (χ4n) is 4.09. The van der Waals surface area contributed by atoms with Gasteiger partial charge in [-0.15, -0.1) is 0 Å². The van der Waals surface area contributed by atoms with Gasteiger partial charge >= 0.3 is 5.69 Å². The number of fused-ring (bicyclic) bond motifs is 1. The van der Waals surface area contributed by atoms with Crippen LogP contribution in [0.4, 0.5) is 5.69 Å². The smallest absolute Gasteiger partial charge is 0.307 e. The van der Waals surface area contributed by atoms with E-state index >= 15 is 0 Å². The van der Waals surface area contributed by atoms with Gasteiger partial charge in [-0.05, 0) is 17.7 Å². The van der Waals surface area contributed by atoms with Crippen LogP contribution in [-0.2, 0) is 6.54 Å². The number of hydrogen-bond donors (Lipinski definition) is 2. The van der Waals surface area contributed by atoms with E-state index in [0.29, 0.717) is 23.1 Å². The number of ether oxygens (including phenoxy) is 2. The fourth-order valence-corrected chi connectivity index (χ4v) is 4.09. The number of benzene rings is 2. The van der Waals surface area contributed by atoms with Crippen molar-refractivity contribution in [3.05, 3.63) is 99.3 Å². The summed E-state index contributed by atoms with van der Waals surface area (Å²) >= 11 is 0. The van der Waals surface area contributed by atoms with Crippen LogP contribution in [0.2, 0.25) is 0 Å². The monoisotopic (exact) mass is 469 g/mol. The normalized spacial score (nSPS) is 14.7. The van der Waals surface area contributed by atoms with Gasteiger partial charge in [0.1, 0.15) is 35.6 Å². The highest BCUT2D eigenvalue weighted by Gasteiger charge is 2.34. The molecule has 4 aromatic rings. The zero-order valence-corrected chi connectivity index (χ0v) is 18.5. The highest BCUT2D eigenvalue weighted by atomic mass is 16.6. The third-order valence-corrected chi connectivity index (χ3v) is 5.71. The maximum absolute atomic E-state index is 11.0. The number of rotatable bonds is 6. The van der Waals surface area contributed by atoms with Crippen LogP contribution in [-0.4, -0.2) is 31.8 Å². The van der Waals surface area contributed by atoms with E-state index in [1.54, 1.807) is 6.07 Å². The molecule has 5 rings (SSSR count). The molecule has 1 atom stereocenters. The highest BCUT2D eigenvalue weighted by Crippen LogP contribution is 2.42. The second-order valence-corrected chi connectivity index (χ2v) is 7.82. The molecule has 174 valence electrons. The number of aromatic amines is 1. The lowest BCUT2D eigenvalue weighted by atomic mass is 9.87. The Labute approximate surface area is 199 Å². The second kappa shape index (κ2) is 8.68. The molecular weight excluding hydrogens is 450 g/mol. The fraction of sp³-hybridized carbons (Fsp3) is 0.125. The number of hydrogen-bond acceptors (Lipinski definition) is 8. The van der Waals surface area contributed by atoms with Crippen molar-refractivity contribution in [2.45, 2.75) is 12.5 Å². The number of nitrogens with two attached hydrogens (primary N) is 1. The molecule has 35 heavy (non-hydrogen) atoms. The standard InChI is InChI=1S/C24H19N7O4/c1-34-19-8-7-15(9-16(19)12-30-13-17(11-27-30)31(32)33)20-18(10-25)22(26)35-24-21(20)28-23(29-24)14-5-3-2-4-6-14/h2-9,11,13,20H,12,26H2,1H3,(H,28,29). The van der Waals surface area contributed by atoms with Crippen molar-refractivity contribution in [2.24, 2.45) is 5.73 Å². The Bertz CT molecular complexity index is 1500. The van der Waals surface area contributed by atoms with Gasteiger partial charge in [0.25, 0.3) is 0 Å². The first kappa shape index (κ1) is 21.7. The lowest BCUT2D eigenvalue weighted by molar-refractivity contribution is -0.385. The minimum absolute atomic E-state index is 0.0174. The number of nitrogens with one attached hydrogen (secondary N) is 1. The summed E-state index contributed by atoms with van der Waals surface area (Å²) in [5.41, 5.74) is 9.16. The summed E-state index contributed by atoms with van der Waals surface area (Å²) in [6, 6.07) is 17.2. The predicted octanol–water partition coefficient (Wildman–Crippen LogP) is 3.46. The lowest BCUT2D eigenvalue weighted by Gasteiger charge is -2.23. The van der Waals surface area contributed by atoms with E-state index in [1.165, 1.54) is 24.2 Å². The molecule has 0 radical (unpaired) electrons. The molecule has 0 amide bonds. The van der Waals surface area contributed by atoms with E-state index in [9.17, 15) is 15.4 Å².